The third-order valence-electron chi connectivity index (χ3n) is 3.07. The van der Waals surface area contributed by atoms with E-state index < -0.39 is 0 Å². The second-order valence-electron chi connectivity index (χ2n) is 4.83. The molecule has 0 atom stereocenters. The zero-order valence-corrected chi connectivity index (χ0v) is 12.8. The predicted octanol–water partition coefficient (Wildman–Crippen LogP) is 3.19. The molecule has 17 heavy (non-hydrogen) atoms. The smallest absolute Gasteiger partial charge is 0.0206 e. The summed E-state index contributed by atoms with van der Waals surface area (Å²) >= 11 is 3.52. The summed E-state index contributed by atoms with van der Waals surface area (Å²) in [5, 5.41) is 3.48. The van der Waals surface area contributed by atoms with Crippen molar-refractivity contribution < 1.29 is 0 Å². The molecule has 0 radical (unpaired) electrons. The molecule has 3 heteroatoms. The Balaban J connectivity index is 2.29. The second kappa shape index (κ2) is 7.14. The van der Waals surface area contributed by atoms with E-state index in [-0.39, 0.29) is 0 Å². The number of nitrogens with one attached hydrogen (secondary N) is 1. The molecule has 0 aromatic heterocycles. The molecular weight excluding hydrogens is 276 g/mol. The van der Waals surface area contributed by atoms with E-state index in [0.717, 1.165) is 19.6 Å². The van der Waals surface area contributed by atoms with Crippen molar-refractivity contribution in [3.63, 3.8) is 0 Å². The summed E-state index contributed by atoms with van der Waals surface area (Å²) in [5.41, 5.74) is 2.64. The molecule has 0 aliphatic rings. The fourth-order valence-corrected chi connectivity index (χ4v) is 1.81. The van der Waals surface area contributed by atoms with Crippen molar-refractivity contribution in [2.45, 2.75) is 33.4 Å². The lowest BCUT2D eigenvalue weighted by Gasteiger charge is -2.21. The van der Waals surface area contributed by atoms with E-state index in [4.69, 9.17) is 0 Å². The van der Waals surface area contributed by atoms with E-state index >= 15 is 0 Å². The number of nitrogens with zero attached hydrogens (tertiary/aromatic N) is 1. The lowest BCUT2D eigenvalue weighted by atomic mass is 10.1. The molecule has 1 N–H and O–H groups in total. The van der Waals surface area contributed by atoms with E-state index in [2.05, 4.69) is 72.2 Å². The van der Waals surface area contributed by atoms with Gasteiger partial charge in [0.25, 0.3) is 0 Å². The highest BCUT2D eigenvalue weighted by Gasteiger charge is 2.02. The van der Waals surface area contributed by atoms with Gasteiger partial charge in [0.1, 0.15) is 0 Å². The number of benzene rings is 1. The van der Waals surface area contributed by atoms with Crippen LogP contribution in [0.25, 0.3) is 0 Å². The van der Waals surface area contributed by atoms with Gasteiger partial charge in [-0.15, -0.1) is 0 Å². The van der Waals surface area contributed by atoms with Crippen molar-refractivity contribution in [3.8, 4) is 0 Å². The van der Waals surface area contributed by atoms with Crippen LogP contribution in [0.4, 0.5) is 0 Å². The second-order valence-corrected chi connectivity index (χ2v) is 5.69. The largest absolute Gasteiger partial charge is 0.311 e. The van der Waals surface area contributed by atoms with Gasteiger partial charge in [0.05, 0.1) is 0 Å². The molecule has 0 aliphatic carbocycles. The minimum Gasteiger partial charge on any atom is -0.311 e. The molecule has 0 heterocycles. The Morgan fingerprint density at radius 2 is 2.06 bits per heavy atom. The molecule has 0 saturated carbocycles. The molecule has 1 rings (SSSR count). The maximum Gasteiger partial charge on any atom is 0.0206 e. The van der Waals surface area contributed by atoms with Crippen LogP contribution in [0, 0.1) is 6.92 Å². The van der Waals surface area contributed by atoms with Gasteiger partial charge in [0, 0.05) is 30.1 Å². The normalized spacial score (nSPS) is 11.5. The Morgan fingerprint density at radius 3 is 2.65 bits per heavy atom. The quantitative estimate of drug-likeness (QED) is 0.812. The van der Waals surface area contributed by atoms with Gasteiger partial charge in [-0.1, -0.05) is 28.1 Å². The molecule has 0 amide bonds. The van der Waals surface area contributed by atoms with Crippen molar-refractivity contribution in [2.75, 3.05) is 20.1 Å². The van der Waals surface area contributed by atoms with Crippen molar-refractivity contribution >= 4 is 15.9 Å². The number of hydrogen-bond donors (Lipinski definition) is 1. The Morgan fingerprint density at radius 1 is 1.35 bits per heavy atom. The lowest BCUT2D eigenvalue weighted by Crippen LogP contribution is -2.33. The van der Waals surface area contributed by atoms with Gasteiger partial charge in [0.15, 0.2) is 0 Å². The summed E-state index contributed by atoms with van der Waals surface area (Å²) < 4.78 is 1.18. The zero-order chi connectivity index (χ0) is 12.8. The van der Waals surface area contributed by atoms with Gasteiger partial charge < -0.3 is 10.2 Å². The summed E-state index contributed by atoms with van der Waals surface area (Å²) in [5.74, 6) is 0. The molecule has 0 fully saturated rings. The molecule has 0 spiro atoms. The molecular formula is C14H23BrN2. The summed E-state index contributed by atoms with van der Waals surface area (Å²) in [6.45, 7) is 9.63. The topological polar surface area (TPSA) is 15.3 Å². The fraction of sp³-hybridized carbons (Fsp3) is 0.571. The number of aryl methyl sites for hydroxylation is 1. The van der Waals surface area contributed by atoms with Gasteiger partial charge in [-0.05, 0) is 45.0 Å². The third-order valence-corrected chi connectivity index (χ3v) is 3.96. The highest BCUT2D eigenvalue weighted by molar-refractivity contribution is 9.10. The van der Waals surface area contributed by atoms with E-state index in [0.29, 0.717) is 6.04 Å². The van der Waals surface area contributed by atoms with E-state index in [9.17, 15) is 0 Å². The number of likely N-dealkylation sites (N-methyl/N-ethyl adjacent to an activating group) is 1. The number of hydrogen-bond acceptors (Lipinski definition) is 2. The summed E-state index contributed by atoms with van der Waals surface area (Å²) in [6.07, 6.45) is 0. The zero-order valence-electron chi connectivity index (χ0n) is 11.3. The first-order valence-corrected chi connectivity index (χ1v) is 6.96. The van der Waals surface area contributed by atoms with Crippen LogP contribution in [0.15, 0.2) is 22.7 Å². The van der Waals surface area contributed by atoms with Crippen LogP contribution in [0.3, 0.4) is 0 Å². The van der Waals surface area contributed by atoms with Crippen molar-refractivity contribution in [1.29, 1.82) is 0 Å². The highest BCUT2D eigenvalue weighted by atomic mass is 79.9. The molecule has 0 bridgehead atoms. The first-order chi connectivity index (χ1) is 8.00. The summed E-state index contributed by atoms with van der Waals surface area (Å²) in [4.78, 5) is 2.35. The van der Waals surface area contributed by atoms with E-state index in [1.54, 1.807) is 0 Å². The Bertz CT molecular complexity index is 350. The minimum atomic E-state index is 0.617. The summed E-state index contributed by atoms with van der Waals surface area (Å²) in [6, 6.07) is 7.12. The first-order valence-electron chi connectivity index (χ1n) is 6.16. The first kappa shape index (κ1) is 14.7. The molecule has 0 saturated heterocycles. The highest BCUT2D eigenvalue weighted by Crippen LogP contribution is 2.16. The molecule has 1 aromatic rings. The van der Waals surface area contributed by atoms with Gasteiger partial charge >= 0.3 is 0 Å². The monoisotopic (exact) mass is 298 g/mol. The van der Waals surface area contributed by atoms with Crippen LogP contribution in [0.5, 0.6) is 0 Å². The van der Waals surface area contributed by atoms with Gasteiger partial charge in [-0.3, -0.25) is 0 Å². The number of halogens is 1. The van der Waals surface area contributed by atoms with Crippen LogP contribution in [0.2, 0.25) is 0 Å². The van der Waals surface area contributed by atoms with Crippen molar-refractivity contribution in [1.82, 2.24) is 10.2 Å². The maximum atomic E-state index is 3.52. The van der Waals surface area contributed by atoms with Crippen LogP contribution in [-0.4, -0.2) is 31.1 Å². The fourth-order valence-electron chi connectivity index (χ4n) is 1.56. The maximum absolute atomic E-state index is 3.52. The van der Waals surface area contributed by atoms with Crippen LogP contribution < -0.4 is 5.32 Å². The Hall–Kier alpha value is -0.380. The summed E-state index contributed by atoms with van der Waals surface area (Å²) in [7, 11) is 2.16. The molecule has 0 aliphatic heterocycles. The Kier molecular flexibility index (Phi) is 6.17. The van der Waals surface area contributed by atoms with E-state index in [1.807, 2.05) is 0 Å². The van der Waals surface area contributed by atoms with Crippen LogP contribution >= 0.6 is 15.9 Å². The van der Waals surface area contributed by atoms with Crippen LogP contribution in [-0.2, 0) is 6.54 Å². The average molecular weight is 299 g/mol. The van der Waals surface area contributed by atoms with Crippen molar-refractivity contribution in [3.05, 3.63) is 33.8 Å². The predicted molar refractivity (Wildman–Crippen MR) is 78.4 cm³/mol. The van der Waals surface area contributed by atoms with Crippen LogP contribution in [0.1, 0.15) is 25.0 Å². The van der Waals surface area contributed by atoms with E-state index in [1.165, 1.54) is 15.6 Å². The minimum absolute atomic E-state index is 0.617. The third kappa shape index (κ3) is 5.19. The number of rotatable bonds is 6. The van der Waals surface area contributed by atoms with Gasteiger partial charge in [-0.2, -0.15) is 0 Å². The standard InChI is InChI=1S/C14H23BrN2/c1-11(2)17(4)8-7-16-10-13-5-6-14(15)12(3)9-13/h5-6,9,11,16H,7-8,10H2,1-4H3. The molecule has 96 valence electrons. The molecule has 2 nitrogen and oxygen atoms in total. The SMILES string of the molecule is Cc1cc(CNCCN(C)C(C)C)ccc1Br. The lowest BCUT2D eigenvalue weighted by molar-refractivity contribution is 0.273. The molecule has 0 unspecified atom stereocenters. The Labute approximate surface area is 114 Å². The average Bonchev–Trinajstić information content (AvgIpc) is 2.28. The van der Waals surface area contributed by atoms with Crippen molar-refractivity contribution in [2.24, 2.45) is 0 Å². The molecule has 1 aromatic carbocycles. The van der Waals surface area contributed by atoms with Gasteiger partial charge in [-0.25, -0.2) is 0 Å². The van der Waals surface area contributed by atoms with Gasteiger partial charge in [0.2, 0.25) is 0 Å².